The first-order chi connectivity index (χ1) is 8.56. The first-order valence-corrected chi connectivity index (χ1v) is 5.74. The maximum Gasteiger partial charge on any atom is 0.324 e. The molecule has 0 aromatic rings. The summed E-state index contributed by atoms with van der Waals surface area (Å²) in [5, 5.41) is 4.38. The number of hydrogen-bond donors (Lipinski definition) is 2. The molecule has 0 spiro atoms. The zero-order valence-electron chi connectivity index (χ0n) is 9.77. The van der Waals surface area contributed by atoms with Crippen molar-refractivity contribution in [3.8, 4) is 0 Å². The number of carbonyl (C=O) groups is 4. The van der Waals surface area contributed by atoms with Gasteiger partial charge in [0.2, 0.25) is 11.8 Å². The smallest absolute Gasteiger partial charge is 0.315 e. The molecule has 0 radical (unpaired) electrons. The van der Waals surface area contributed by atoms with E-state index in [4.69, 9.17) is 0 Å². The third-order valence-electron chi connectivity index (χ3n) is 2.84. The van der Waals surface area contributed by atoms with Gasteiger partial charge in [0, 0.05) is 13.1 Å². The lowest BCUT2D eigenvalue weighted by Crippen LogP contribution is -2.31. The van der Waals surface area contributed by atoms with Gasteiger partial charge in [-0.05, 0) is 12.8 Å². The minimum atomic E-state index is -0.367. The van der Waals surface area contributed by atoms with E-state index in [0.29, 0.717) is 25.9 Å². The Morgan fingerprint density at radius 3 is 1.44 bits per heavy atom. The van der Waals surface area contributed by atoms with Gasteiger partial charge in [-0.25, -0.2) is 9.59 Å². The molecule has 18 heavy (non-hydrogen) atoms. The van der Waals surface area contributed by atoms with Crippen LogP contribution in [0.1, 0.15) is 12.8 Å². The van der Waals surface area contributed by atoms with Gasteiger partial charge in [-0.3, -0.25) is 20.2 Å². The Morgan fingerprint density at radius 2 is 1.17 bits per heavy atom. The first-order valence-electron chi connectivity index (χ1n) is 5.74. The number of nitrogens with one attached hydrogen (secondary N) is 2. The van der Waals surface area contributed by atoms with Gasteiger partial charge < -0.3 is 9.80 Å². The summed E-state index contributed by atoms with van der Waals surface area (Å²) in [6, 6.07) is -0.733. The third-order valence-corrected chi connectivity index (χ3v) is 2.84. The molecule has 0 aliphatic carbocycles. The van der Waals surface area contributed by atoms with Gasteiger partial charge in [0.05, 0.1) is 0 Å². The first kappa shape index (κ1) is 12.3. The van der Waals surface area contributed by atoms with E-state index >= 15 is 0 Å². The van der Waals surface area contributed by atoms with Crippen LogP contribution in [-0.2, 0) is 9.59 Å². The number of rotatable bonds is 5. The molecule has 8 nitrogen and oxygen atoms in total. The quantitative estimate of drug-likeness (QED) is 0.479. The molecule has 8 heteroatoms. The van der Waals surface area contributed by atoms with E-state index in [1.165, 1.54) is 9.80 Å². The van der Waals surface area contributed by atoms with E-state index < -0.39 is 0 Å². The lowest BCUT2D eigenvalue weighted by molar-refractivity contribution is -0.119. The summed E-state index contributed by atoms with van der Waals surface area (Å²) in [5.41, 5.74) is 0. The van der Waals surface area contributed by atoms with Gasteiger partial charge in [0.25, 0.3) is 0 Å². The highest BCUT2D eigenvalue weighted by Crippen LogP contribution is 2.04. The molecule has 0 atom stereocenters. The highest BCUT2D eigenvalue weighted by Gasteiger charge is 2.27. The fraction of sp³-hybridized carbons (Fsp3) is 0.600. The second-order valence-corrected chi connectivity index (χ2v) is 4.26. The third kappa shape index (κ3) is 2.76. The predicted molar refractivity (Wildman–Crippen MR) is 59.5 cm³/mol. The monoisotopic (exact) mass is 254 g/mol. The standard InChI is InChI=1S/C10H14N4O4/c15-7-5-13(9(17)11-7)3-1-2-4-14-6-8(16)12-10(14)18/h1-6H2,(H,11,15,17)(H,12,16,18). The van der Waals surface area contributed by atoms with Crippen LogP contribution >= 0.6 is 0 Å². The van der Waals surface area contributed by atoms with Crippen LogP contribution in [0, 0.1) is 0 Å². The predicted octanol–water partition coefficient (Wildman–Crippen LogP) is -1.13. The Balaban J connectivity index is 1.64. The molecule has 2 aliphatic heterocycles. The number of hydrogen-bond acceptors (Lipinski definition) is 4. The van der Waals surface area contributed by atoms with Crippen LogP contribution < -0.4 is 10.6 Å². The lowest BCUT2D eigenvalue weighted by atomic mass is 10.3. The summed E-state index contributed by atoms with van der Waals surface area (Å²) in [6.45, 7) is 1.14. The van der Waals surface area contributed by atoms with Gasteiger partial charge >= 0.3 is 12.1 Å². The maximum absolute atomic E-state index is 11.2. The van der Waals surface area contributed by atoms with E-state index in [1.54, 1.807) is 0 Å². The molecule has 0 aromatic carbocycles. The summed E-state index contributed by atoms with van der Waals surface area (Å²) < 4.78 is 0. The molecule has 0 unspecified atom stereocenters. The number of unbranched alkanes of at least 4 members (excludes halogenated alkanes) is 1. The molecular weight excluding hydrogens is 240 g/mol. The Morgan fingerprint density at radius 1 is 0.778 bits per heavy atom. The normalized spacial score (nSPS) is 19.6. The number of nitrogens with zero attached hydrogens (tertiary/aromatic N) is 2. The summed E-state index contributed by atoms with van der Waals surface area (Å²) in [7, 11) is 0. The van der Waals surface area contributed by atoms with Crippen LogP contribution in [0.2, 0.25) is 0 Å². The molecule has 98 valence electrons. The zero-order valence-corrected chi connectivity index (χ0v) is 9.77. The number of amides is 6. The van der Waals surface area contributed by atoms with Crippen molar-refractivity contribution < 1.29 is 19.2 Å². The molecule has 2 fully saturated rings. The Labute approximate surface area is 103 Å². The number of imide groups is 2. The van der Waals surface area contributed by atoms with Crippen LogP contribution in [0.25, 0.3) is 0 Å². The Hall–Kier alpha value is -2.12. The minimum absolute atomic E-state index is 0.0987. The molecule has 2 heterocycles. The van der Waals surface area contributed by atoms with Crippen molar-refractivity contribution in [3.63, 3.8) is 0 Å². The Kier molecular flexibility index (Phi) is 3.45. The van der Waals surface area contributed by atoms with Crippen molar-refractivity contribution in [3.05, 3.63) is 0 Å². The van der Waals surface area contributed by atoms with Crippen molar-refractivity contribution in [1.29, 1.82) is 0 Å². The fourth-order valence-electron chi connectivity index (χ4n) is 1.93. The zero-order chi connectivity index (χ0) is 13.1. The summed E-state index contributed by atoms with van der Waals surface area (Å²) >= 11 is 0. The fourth-order valence-corrected chi connectivity index (χ4v) is 1.93. The molecule has 2 rings (SSSR count). The highest BCUT2D eigenvalue weighted by molar-refractivity contribution is 6.02. The van der Waals surface area contributed by atoms with Crippen LogP contribution in [0.3, 0.4) is 0 Å². The van der Waals surface area contributed by atoms with Gasteiger partial charge in [-0.15, -0.1) is 0 Å². The summed E-state index contributed by atoms with van der Waals surface area (Å²) in [4.78, 5) is 47.1. The van der Waals surface area contributed by atoms with E-state index in [2.05, 4.69) is 10.6 Å². The van der Waals surface area contributed by atoms with E-state index in [0.717, 1.165) is 0 Å². The van der Waals surface area contributed by atoms with Crippen LogP contribution in [0.5, 0.6) is 0 Å². The van der Waals surface area contributed by atoms with Crippen molar-refractivity contribution in [1.82, 2.24) is 20.4 Å². The number of urea groups is 2. The van der Waals surface area contributed by atoms with Gasteiger partial charge in [0.1, 0.15) is 13.1 Å². The minimum Gasteiger partial charge on any atom is -0.315 e. The topological polar surface area (TPSA) is 98.8 Å². The van der Waals surface area contributed by atoms with Gasteiger partial charge in [-0.2, -0.15) is 0 Å². The van der Waals surface area contributed by atoms with Crippen LogP contribution in [-0.4, -0.2) is 59.9 Å². The van der Waals surface area contributed by atoms with Crippen molar-refractivity contribution in [2.24, 2.45) is 0 Å². The Bertz CT molecular complexity index is 371. The van der Waals surface area contributed by atoms with Crippen molar-refractivity contribution >= 4 is 23.9 Å². The molecule has 0 aromatic heterocycles. The van der Waals surface area contributed by atoms with E-state index in [1.807, 2.05) is 0 Å². The average Bonchev–Trinajstić information content (AvgIpc) is 2.77. The summed E-state index contributed by atoms with van der Waals surface area (Å²) in [5.74, 6) is -0.575. The SMILES string of the molecule is O=C1CN(CCCCN2CC(=O)NC2=O)C(=O)N1. The molecule has 0 saturated carbocycles. The molecule has 6 amide bonds. The lowest BCUT2D eigenvalue weighted by Gasteiger charge is -2.15. The van der Waals surface area contributed by atoms with Crippen LogP contribution in [0.4, 0.5) is 9.59 Å². The van der Waals surface area contributed by atoms with E-state index in [9.17, 15) is 19.2 Å². The second-order valence-electron chi connectivity index (χ2n) is 4.26. The highest BCUT2D eigenvalue weighted by atomic mass is 16.2. The van der Waals surface area contributed by atoms with Gasteiger partial charge in [-0.1, -0.05) is 0 Å². The van der Waals surface area contributed by atoms with Crippen LogP contribution in [0.15, 0.2) is 0 Å². The molecular formula is C10H14N4O4. The summed E-state index contributed by atoms with van der Waals surface area (Å²) in [6.07, 6.45) is 1.36. The molecule has 2 saturated heterocycles. The van der Waals surface area contributed by atoms with Gasteiger partial charge in [0.15, 0.2) is 0 Å². The largest absolute Gasteiger partial charge is 0.324 e. The molecule has 0 bridgehead atoms. The van der Waals surface area contributed by atoms with Crippen molar-refractivity contribution in [2.45, 2.75) is 12.8 Å². The van der Waals surface area contributed by atoms with Crippen molar-refractivity contribution in [2.75, 3.05) is 26.2 Å². The second kappa shape index (κ2) is 5.03. The molecule has 2 N–H and O–H groups in total. The number of carbonyl (C=O) groups excluding carboxylic acids is 4. The maximum atomic E-state index is 11.2. The molecule has 2 aliphatic rings. The van der Waals surface area contributed by atoms with E-state index in [-0.39, 0.29) is 37.0 Å². The average molecular weight is 254 g/mol.